The molecule has 0 saturated heterocycles. The number of hydrogen-bond acceptors (Lipinski definition) is 4. The minimum Gasteiger partial charge on any atom is -0.507 e. The number of anilines is 1. The van der Waals surface area contributed by atoms with E-state index >= 15 is 0 Å². The fraction of sp³-hybridized carbons (Fsp3) is 0.348. The maximum absolute atomic E-state index is 12.5. The van der Waals surface area contributed by atoms with Gasteiger partial charge in [0.1, 0.15) is 11.5 Å². The van der Waals surface area contributed by atoms with Crippen LogP contribution in [-0.2, 0) is 0 Å². The highest BCUT2D eigenvalue weighted by atomic mass is 16.5. The molecule has 0 radical (unpaired) electrons. The normalized spacial score (nSPS) is 11.4. The van der Waals surface area contributed by atoms with Crippen LogP contribution in [0.15, 0.2) is 36.4 Å². The Labute approximate surface area is 161 Å². The third kappa shape index (κ3) is 4.51. The predicted octanol–water partition coefficient (Wildman–Crippen LogP) is 5.59. The van der Waals surface area contributed by atoms with Gasteiger partial charge in [-0.25, -0.2) is 0 Å². The van der Waals surface area contributed by atoms with Gasteiger partial charge in [0.15, 0.2) is 5.78 Å². The molecular weight excluding hydrogens is 338 g/mol. The first-order chi connectivity index (χ1) is 12.8. The Balaban J connectivity index is 2.49. The maximum atomic E-state index is 12.5. The van der Waals surface area contributed by atoms with Gasteiger partial charge in [0.25, 0.3) is 0 Å². The van der Waals surface area contributed by atoms with E-state index < -0.39 is 0 Å². The molecule has 2 aromatic rings. The van der Waals surface area contributed by atoms with Crippen molar-refractivity contribution < 1.29 is 14.6 Å². The molecule has 2 rings (SSSR count). The number of benzene rings is 2. The van der Waals surface area contributed by atoms with Crippen molar-refractivity contribution in [2.24, 2.45) is 0 Å². The Hall–Kier alpha value is -2.75. The fourth-order valence-corrected chi connectivity index (χ4v) is 3.03. The van der Waals surface area contributed by atoms with Gasteiger partial charge in [-0.15, -0.1) is 0 Å². The van der Waals surface area contributed by atoms with E-state index in [-0.39, 0.29) is 23.4 Å². The molecule has 0 amide bonds. The van der Waals surface area contributed by atoms with E-state index in [1.54, 1.807) is 25.3 Å². The number of allylic oxidation sites excluding steroid dienone is 1. The predicted molar refractivity (Wildman–Crippen MR) is 112 cm³/mol. The van der Waals surface area contributed by atoms with Crippen LogP contribution in [0.4, 0.5) is 5.69 Å². The third-order valence-electron chi connectivity index (χ3n) is 4.65. The van der Waals surface area contributed by atoms with Crippen LogP contribution in [0.3, 0.4) is 0 Å². The van der Waals surface area contributed by atoms with Crippen LogP contribution >= 0.6 is 0 Å². The number of rotatable bonds is 7. The summed E-state index contributed by atoms with van der Waals surface area (Å²) in [7, 11) is 3.42. The number of phenols is 1. The fourth-order valence-electron chi connectivity index (χ4n) is 3.03. The van der Waals surface area contributed by atoms with Crippen molar-refractivity contribution in [3.05, 3.63) is 58.7 Å². The van der Waals surface area contributed by atoms with Gasteiger partial charge in [0.2, 0.25) is 0 Å². The van der Waals surface area contributed by atoms with Gasteiger partial charge in [-0.2, -0.15) is 0 Å². The van der Waals surface area contributed by atoms with E-state index in [4.69, 9.17) is 4.74 Å². The van der Waals surface area contributed by atoms with Crippen molar-refractivity contribution in [3.8, 4) is 11.5 Å². The number of carbonyl (C=O) groups is 1. The summed E-state index contributed by atoms with van der Waals surface area (Å²) < 4.78 is 5.59. The molecule has 4 heteroatoms. The van der Waals surface area contributed by atoms with E-state index in [2.05, 4.69) is 19.2 Å². The van der Waals surface area contributed by atoms with Gasteiger partial charge in [-0.1, -0.05) is 27.7 Å². The Morgan fingerprint density at radius 1 is 1.07 bits per heavy atom. The Morgan fingerprint density at radius 3 is 2.15 bits per heavy atom. The first kappa shape index (κ1) is 20.6. The van der Waals surface area contributed by atoms with Crippen molar-refractivity contribution in [1.29, 1.82) is 0 Å². The number of carbonyl (C=O) groups excluding carboxylic acids is 1. The Kier molecular flexibility index (Phi) is 6.67. The number of methoxy groups -OCH3 is 1. The SMILES string of the molecule is CNc1ccc(C(=O)C=Cc2c(O)c(C(C)C)cc(C(C)C)c2OC)cc1. The minimum atomic E-state index is -0.125. The van der Waals surface area contributed by atoms with Crippen LogP contribution in [-0.4, -0.2) is 25.0 Å². The molecule has 0 bridgehead atoms. The molecule has 27 heavy (non-hydrogen) atoms. The number of aromatic hydroxyl groups is 1. The third-order valence-corrected chi connectivity index (χ3v) is 4.65. The first-order valence-corrected chi connectivity index (χ1v) is 9.24. The quantitative estimate of drug-likeness (QED) is 0.495. The summed E-state index contributed by atoms with van der Waals surface area (Å²) in [6.45, 7) is 8.24. The summed E-state index contributed by atoms with van der Waals surface area (Å²) >= 11 is 0. The standard InChI is InChI=1S/C23H29NO3/c1-14(2)19-13-20(15(3)4)23(27-6)18(22(19)26)11-12-21(25)16-7-9-17(24-5)10-8-16/h7-15,24,26H,1-6H3. The number of ether oxygens (including phenoxy) is 1. The van der Waals surface area contributed by atoms with Crippen LogP contribution in [0.1, 0.15) is 66.6 Å². The van der Waals surface area contributed by atoms with Gasteiger partial charge in [-0.05, 0) is 65.4 Å². The molecule has 0 saturated carbocycles. The molecule has 0 fully saturated rings. The Morgan fingerprint density at radius 2 is 1.67 bits per heavy atom. The molecule has 0 aromatic heterocycles. The van der Waals surface area contributed by atoms with Gasteiger partial charge in [0, 0.05) is 18.3 Å². The maximum Gasteiger partial charge on any atom is 0.185 e. The molecule has 0 atom stereocenters. The molecular formula is C23H29NO3. The molecule has 0 spiro atoms. The molecule has 0 unspecified atom stereocenters. The van der Waals surface area contributed by atoms with E-state index in [9.17, 15) is 9.90 Å². The van der Waals surface area contributed by atoms with Gasteiger partial charge >= 0.3 is 0 Å². The van der Waals surface area contributed by atoms with Crippen LogP contribution in [0, 0.1) is 0 Å². The largest absolute Gasteiger partial charge is 0.507 e. The van der Waals surface area contributed by atoms with Gasteiger partial charge in [-0.3, -0.25) is 4.79 Å². The first-order valence-electron chi connectivity index (χ1n) is 9.24. The average molecular weight is 367 g/mol. The summed E-state index contributed by atoms with van der Waals surface area (Å²) in [6.07, 6.45) is 3.14. The van der Waals surface area contributed by atoms with E-state index in [1.165, 1.54) is 6.08 Å². The molecule has 2 N–H and O–H groups in total. The van der Waals surface area contributed by atoms with Crippen LogP contribution < -0.4 is 10.1 Å². The second-order valence-corrected chi connectivity index (χ2v) is 7.18. The topological polar surface area (TPSA) is 58.6 Å². The molecule has 0 aliphatic heterocycles. The summed E-state index contributed by atoms with van der Waals surface area (Å²) in [5, 5.41) is 13.8. The molecule has 144 valence electrons. The van der Waals surface area contributed by atoms with Crippen LogP contribution in [0.2, 0.25) is 0 Å². The highest BCUT2D eigenvalue weighted by molar-refractivity contribution is 6.07. The second kappa shape index (κ2) is 8.76. The van der Waals surface area contributed by atoms with Gasteiger partial charge in [0.05, 0.1) is 12.7 Å². The highest BCUT2D eigenvalue weighted by Gasteiger charge is 2.20. The average Bonchev–Trinajstić information content (AvgIpc) is 2.65. The smallest absolute Gasteiger partial charge is 0.185 e. The van der Waals surface area contributed by atoms with Gasteiger partial charge < -0.3 is 15.2 Å². The van der Waals surface area contributed by atoms with Crippen molar-refractivity contribution >= 4 is 17.5 Å². The van der Waals surface area contributed by atoms with Crippen molar-refractivity contribution in [1.82, 2.24) is 0 Å². The zero-order valence-electron chi connectivity index (χ0n) is 17.0. The zero-order valence-corrected chi connectivity index (χ0v) is 17.0. The summed E-state index contributed by atoms with van der Waals surface area (Å²) in [5.74, 6) is 1.04. The van der Waals surface area contributed by atoms with Crippen LogP contribution in [0.5, 0.6) is 11.5 Å². The monoisotopic (exact) mass is 367 g/mol. The minimum absolute atomic E-state index is 0.125. The van der Waals surface area contributed by atoms with Crippen molar-refractivity contribution in [2.75, 3.05) is 19.5 Å². The molecule has 0 heterocycles. The van der Waals surface area contributed by atoms with E-state index in [0.29, 0.717) is 16.9 Å². The molecule has 0 aliphatic rings. The van der Waals surface area contributed by atoms with Crippen molar-refractivity contribution in [2.45, 2.75) is 39.5 Å². The summed E-state index contributed by atoms with van der Waals surface area (Å²) in [5.41, 5.74) is 3.95. The Bertz CT molecular complexity index is 834. The summed E-state index contributed by atoms with van der Waals surface area (Å²) in [4.78, 5) is 12.5. The molecule has 0 aliphatic carbocycles. The number of nitrogens with one attached hydrogen (secondary N) is 1. The van der Waals surface area contributed by atoms with Crippen LogP contribution in [0.25, 0.3) is 6.08 Å². The lowest BCUT2D eigenvalue weighted by Crippen LogP contribution is -2.02. The number of hydrogen-bond donors (Lipinski definition) is 2. The lowest BCUT2D eigenvalue weighted by molar-refractivity contribution is 0.104. The van der Waals surface area contributed by atoms with Crippen molar-refractivity contribution in [3.63, 3.8) is 0 Å². The lowest BCUT2D eigenvalue weighted by atomic mass is 9.90. The van der Waals surface area contributed by atoms with E-state index in [1.807, 2.05) is 39.1 Å². The van der Waals surface area contributed by atoms with E-state index in [0.717, 1.165) is 16.8 Å². The zero-order chi connectivity index (χ0) is 20.1. The molecule has 4 nitrogen and oxygen atoms in total. The second-order valence-electron chi connectivity index (χ2n) is 7.18. The molecule has 2 aromatic carbocycles. The number of phenolic OH excluding ortho intramolecular Hbond substituents is 1. The lowest BCUT2D eigenvalue weighted by Gasteiger charge is -2.20. The summed E-state index contributed by atoms with van der Waals surface area (Å²) in [6, 6.07) is 9.27. The highest BCUT2D eigenvalue weighted by Crippen LogP contribution is 2.41. The number of ketones is 1.